The van der Waals surface area contributed by atoms with Gasteiger partial charge in [0.1, 0.15) is 0 Å². The number of alkyl halides is 9. The van der Waals surface area contributed by atoms with Gasteiger partial charge in [-0.25, -0.2) is 9.38 Å². The molecular formula is C9H4F10N2OS. The molecule has 1 heterocycles. The van der Waals surface area contributed by atoms with Crippen molar-refractivity contribution in [3.63, 3.8) is 0 Å². The molecule has 0 radical (unpaired) electrons. The number of carbonyl (C=O) groups excluding carboxylic acids is 1. The number of rotatable bonds is 0. The van der Waals surface area contributed by atoms with Crippen molar-refractivity contribution >= 4 is 22.8 Å². The van der Waals surface area contributed by atoms with Crippen molar-refractivity contribution in [2.45, 2.75) is 31.0 Å². The van der Waals surface area contributed by atoms with Crippen LogP contribution in [0, 0.1) is 0 Å². The number of halogens is 10. The van der Waals surface area contributed by atoms with Gasteiger partial charge in [-0.3, -0.25) is 4.79 Å². The summed E-state index contributed by atoms with van der Waals surface area (Å²) < 4.78 is 128. The van der Waals surface area contributed by atoms with Crippen molar-refractivity contribution in [3.05, 3.63) is 10.7 Å². The van der Waals surface area contributed by atoms with Crippen molar-refractivity contribution in [1.82, 2.24) is 5.32 Å². The van der Waals surface area contributed by atoms with Crippen LogP contribution >= 0.6 is 11.8 Å². The third kappa shape index (κ3) is 3.40. The third-order valence-electron chi connectivity index (χ3n) is 2.35. The molecule has 132 valence electrons. The molecule has 0 aromatic heterocycles. The van der Waals surface area contributed by atoms with Crippen LogP contribution in [0.5, 0.6) is 0 Å². The van der Waals surface area contributed by atoms with Gasteiger partial charge < -0.3 is 5.32 Å². The second-order valence-corrected chi connectivity index (χ2v) is 5.05. The predicted octanol–water partition coefficient (Wildman–Crippen LogP) is 3.83. The largest absolute Gasteiger partial charge is 0.443 e. The Kier molecular flexibility index (Phi) is 4.73. The van der Waals surface area contributed by atoms with Gasteiger partial charge in [0.05, 0.1) is 4.91 Å². The Morgan fingerprint density at radius 1 is 1.04 bits per heavy atom. The Hall–Kier alpha value is -1.47. The molecule has 14 heteroatoms. The van der Waals surface area contributed by atoms with Crippen LogP contribution in [-0.4, -0.2) is 35.1 Å². The quantitative estimate of drug-likeness (QED) is 0.651. The van der Waals surface area contributed by atoms with Crippen molar-refractivity contribution in [2.24, 2.45) is 4.99 Å². The number of aliphatic imine (C=N–C) groups is 1. The van der Waals surface area contributed by atoms with Gasteiger partial charge >= 0.3 is 18.5 Å². The smallest absolute Gasteiger partial charge is 0.305 e. The SMILES string of the molecule is CC(=O)NC1=NC(C(F)(F)F)(C(F)(F)F)C(=C(F)C(F)(F)F)S1. The summed E-state index contributed by atoms with van der Waals surface area (Å²) >= 11 is -0.903. The summed E-state index contributed by atoms with van der Waals surface area (Å²) in [5.41, 5.74) is -5.46. The molecule has 3 nitrogen and oxygen atoms in total. The first-order valence-electron chi connectivity index (χ1n) is 5.20. The van der Waals surface area contributed by atoms with E-state index in [1.54, 1.807) is 0 Å². The molecule has 1 N–H and O–H groups in total. The molecule has 0 saturated heterocycles. The Labute approximate surface area is 124 Å². The minimum Gasteiger partial charge on any atom is -0.305 e. The highest BCUT2D eigenvalue weighted by Gasteiger charge is 2.77. The number of amidine groups is 1. The number of hydrogen-bond donors (Lipinski definition) is 1. The van der Waals surface area contributed by atoms with E-state index in [-0.39, 0.29) is 0 Å². The highest BCUT2D eigenvalue weighted by atomic mass is 32.2. The van der Waals surface area contributed by atoms with E-state index < -0.39 is 57.6 Å². The normalized spacial score (nSPS) is 21.1. The lowest BCUT2D eigenvalue weighted by Gasteiger charge is -2.31. The monoisotopic (exact) mass is 378 g/mol. The third-order valence-corrected chi connectivity index (χ3v) is 3.41. The van der Waals surface area contributed by atoms with Crippen molar-refractivity contribution in [1.29, 1.82) is 0 Å². The molecule has 0 fully saturated rings. The van der Waals surface area contributed by atoms with Crippen LogP contribution < -0.4 is 5.32 Å². The Morgan fingerprint density at radius 2 is 1.48 bits per heavy atom. The summed E-state index contributed by atoms with van der Waals surface area (Å²) in [5, 5.41) is -0.0741. The van der Waals surface area contributed by atoms with Crippen LogP contribution in [-0.2, 0) is 4.79 Å². The fourth-order valence-electron chi connectivity index (χ4n) is 1.48. The van der Waals surface area contributed by atoms with Gasteiger partial charge in [-0.15, -0.1) is 0 Å². The van der Waals surface area contributed by atoms with Crippen LogP contribution in [0.3, 0.4) is 0 Å². The zero-order valence-corrected chi connectivity index (χ0v) is 11.4. The molecule has 0 saturated carbocycles. The van der Waals surface area contributed by atoms with E-state index >= 15 is 0 Å². The van der Waals surface area contributed by atoms with Crippen LogP contribution in [0.2, 0.25) is 0 Å². The average molecular weight is 378 g/mol. The molecule has 1 aliphatic rings. The van der Waals surface area contributed by atoms with Crippen LogP contribution in [0.1, 0.15) is 6.92 Å². The molecule has 1 amide bonds. The summed E-state index contributed by atoms with van der Waals surface area (Å²) in [5.74, 6) is -4.80. The van der Waals surface area contributed by atoms with E-state index in [0.29, 0.717) is 6.92 Å². The maximum Gasteiger partial charge on any atom is 0.443 e. The molecule has 0 unspecified atom stereocenters. The average Bonchev–Trinajstić information content (AvgIpc) is 2.64. The number of amides is 1. The van der Waals surface area contributed by atoms with E-state index in [2.05, 4.69) is 4.99 Å². The first-order valence-corrected chi connectivity index (χ1v) is 6.02. The van der Waals surface area contributed by atoms with E-state index in [1.807, 2.05) is 0 Å². The maximum absolute atomic E-state index is 13.2. The van der Waals surface area contributed by atoms with Crippen molar-refractivity contribution in [3.8, 4) is 0 Å². The van der Waals surface area contributed by atoms with Gasteiger partial charge in [-0.1, -0.05) is 11.8 Å². The van der Waals surface area contributed by atoms with Gasteiger partial charge in [0.15, 0.2) is 5.17 Å². The molecule has 23 heavy (non-hydrogen) atoms. The first kappa shape index (κ1) is 19.6. The van der Waals surface area contributed by atoms with E-state index in [0.717, 1.165) is 0 Å². The molecule has 0 spiro atoms. The highest BCUT2D eigenvalue weighted by molar-refractivity contribution is 8.17. The van der Waals surface area contributed by atoms with E-state index in [9.17, 15) is 48.7 Å². The summed E-state index contributed by atoms with van der Waals surface area (Å²) in [4.78, 5) is 10.0. The van der Waals surface area contributed by atoms with Gasteiger partial charge in [-0.2, -0.15) is 39.5 Å². The maximum atomic E-state index is 13.2. The van der Waals surface area contributed by atoms with Gasteiger partial charge in [0.25, 0.3) is 5.54 Å². The van der Waals surface area contributed by atoms with Gasteiger partial charge in [0, 0.05) is 6.92 Å². The second kappa shape index (κ2) is 5.56. The molecule has 0 aromatic rings. The molecular weight excluding hydrogens is 374 g/mol. The molecule has 0 aromatic carbocycles. The van der Waals surface area contributed by atoms with E-state index in [4.69, 9.17) is 0 Å². The minimum absolute atomic E-state index is 0.660. The second-order valence-electron chi connectivity index (χ2n) is 4.05. The summed E-state index contributed by atoms with van der Waals surface area (Å²) in [6, 6.07) is 0. The molecule has 0 atom stereocenters. The zero-order chi connectivity index (χ0) is 18.4. The van der Waals surface area contributed by atoms with Gasteiger partial charge in [-0.05, 0) is 0 Å². The molecule has 0 bridgehead atoms. The van der Waals surface area contributed by atoms with E-state index in [1.165, 1.54) is 5.32 Å². The van der Waals surface area contributed by atoms with Crippen LogP contribution in [0.4, 0.5) is 43.9 Å². The zero-order valence-electron chi connectivity index (χ0n) is 10.5. The fraction of sp³-hybridized carbons (Fsp3) is 0.556. The summed E-state index contributed by atoms with van der Waals surface area (Å²) in [6.07, 6.45) is -19.0. The van der Waals surface area contributed by atoms with Crippen molar-refractivity contribution in [2.75, 3.05) is 0 Å². The number of allylic oxidation sites excluding steroid dienone is 1. The summed E-state index contributed by atoms with van der Waals surface area (Å²) in [7, 11) is 0. The lowest BCUT2D eigenvalue weighted by atomic mass is 9.97. The number of hydrogen-bond acceptors (Lipinski definition) is 3. The highest BCUT2D eigenvalue weighted by Crippen LogP contribution is 2.59. The molecule has 1 rings (SSSR count). The number of nitrogens with one attached hydrogen (secondary N) is 1. The van der Waals surface area contributed by atoms with Gasteiger partial charge in [0.2, 0.25) is 11.7 Å². The Balaban J connectivity index is 3.75. The number of carbonyl (C=O) groups is 1. The van der Waals surface area contributed by atoms with Crippen LogP contribution in [0.25, 0.3) is 0 Å². The van der Waals surface area contributed by atoms with Crippen LogP contribution in [0.15, 0.2) is 15.7 Å². The standard InChI is InChI=1S/C9H4F10N2OS/c1-2(22)20-5-21-6(8(14,15)16,9(17,18)19)4(23-5)3(10)7(11,12)13/h1H3,(H,20,21,22). The molecule has 0 aliphatic carbocycles. The minimum atomic E-state index is -6.43. The lowest BCUT2D eigenvalue weighted by molar-refractivity contribution is -0.280. The fourth-order valence-corrected chi connectivity index (χ4v) is 2.68. The number of thioether (sulfide) groups is 1. The predicted molar refractivity (Wildman–Crippen MR) is 57.9 cm³/mol. The number of nitrogens with zero attached hydrogens (tertiary/aromatic N) is 1. The Morgan fingerprint density at radius 3 is 1.78 bits per heavy atom. The Bertz CT molecular complexity index is 556. The topological polar surface area (TPSA) is 41.5 Å². The first-order chi connectivity index (χ1) is 10.0. The lowest BCUT2D eigenvalue weighted by Crippen LogP contribution is -2.55. The van der Waals surface area contributed by atoms with Crippen molar-refractivity contribution < 1.29 is 48.7 Å². The summed E-state index contributed by atoms with van der Waals surface area (Å²) in [6.45, 7) is 0.660. The molecule has 1 aliphatic heterocycles.